The van der Waals surface area contributed by atoms with Crippen LogP contribution in [0.5, 0.6) is 11.5 Å². The fraction of sp³-hybridized carbons (Fsp3) is 0.176. The molecule has 2 rings (SSSR count). The molecule has 2 aromatic rings. The van der Waals surface area contributed by atoms with Gasteiger partial charge in [-0.1, -0.05) is 24.3 Å². The second-order valence-corrected chi connectivity index (χ2v) is 4.78. The molecule has 0 unspecified atom stereocenters. The molecule has 0 amide bonds. The average molecular weight is 316 g/mol. The summed E-state index contributed by atoms with van der Waals surface area (Å²) in [4.78, 5) is 22.5. The van der Waals surface area contributed by atoms with Gasteiger partial charge < -0.3 is 19.7 Å². The highest BCUT2D eigenvalue weighted by Crippen LogP contribution is 2.31. The minimum atomic E-state index is -1.09. The number of benzene rings is 2. The van der Waals surface area contributed by atoms with Crippen LogP contribution < -0.4 is 9.47 Å². The Balaban J connectivity index is 2.52. The summed E-state index contributed by atoms with van der Waals surface area (Å²) in [6.07, 6.45) is 0.286. The van der Waals surface area contributed by atoms with Crippen molar-refractivity contribution < 1.29 is 29.3 Å². The number of carbonyl (C=O) groups is 2. The molecule has 0 fully saturated rings. The Labute approximate surface area is 132 Å². The van der Waals surface area contributed by atoms with Gasteiger partial charge in [0.25, 0.3) is 0 Å². The molecule has 0 saturated carbocycles. The number of carboxylic acids is 2. The number of carboxylic acid groups (broad SMARTS) is 2. The fourth-order valence-electron chi connectivity index (χ4n) is 2.47. The number of hydrogen-bond donors (Lipinski definition) is 2. The molecule has 0 aliphatic carbocycles. The van der Waals surface area contributed by atoms with Gasteiger partial charge in [-0.2, -0.15) is 0 Å². The molecule has 0 radical (unpaired) electrons. The van der Waals surface area contributed by atoms with Crippen molar-refractivity contribution >= 4 is 11.9 Å². The molecule has 0 bridgehead atoms. The quantitative estimate of drug-likeness (QED) is 0.851. The fourth-order valence-corrected chi connectivity index (χ4v) is 2.47. The van der Waals surface area contributed by atoms with Crippen molar-refractivity contribution in [3.8, 4) is 11.5 Å². The van der Waals surface area contributed by atoms with Crippen LogP contribution in [-0.4, -0.2) is 36.4 Å². The van der Waals surface area contributed by atoms with Crippen molar-refractivity contribution in [2.24, 2.45) is 0 Å². The predicted molar refractivity (Wildman–Crippen MR) is 82.7 cm³/mol. The molecule has 2 aromatic carbocycles. The van der Waals surface area contributed by atoms with E-state index >= 15 is 0 Å². The van der Waals surface area contributed by atoms with Crippen LogP contribution in [0.4, 0.5) is 0 Å². The highest BCUT2D eigenvalue weighted by Gasteiger charge is 2.19. The van der Waals surface area contributed by atoms with E-state index in [0.717, 1.165) is 0 Å². The van der Waals surface area contributed by atoms with Crippen molar-refractivity contribution in [2.45, 2.75) is 6.42 Å². The lowest BCUT2D eigenvalue weighted by Gasteiger charge is -2.14. The molecular weight excluding hydrogens is 300 g/mol. The summed E-state index contributed by atoms with van der Waals surface area (Å²) in [5.74, 6) is -1.67. The van der Waals surface area contributed by atoms with Gasteiger partial charge in [0.05, 0.1) is 14.2 Å². The maximum atomic E-state index is 11.3. The molecule has 0 heterocycles. The van der Waals surface area contributed by atoms with Gasteiger partial charge in [0, 0.05) is 6.42 Å². The molecule has 6 heteroatoms. The molecule has 120 valence electrons. The molecule has 0 atom stereocenters. The first-order valence-corrected chi connectivity index (χ1v) is 6.78. The van der Waals surface area contributed by atoms with E-state index in [-0.39, 0.29) is 29.0 Å². The molecule has 0 spiro atoms. The largest absolute Gasteiger partial charge is 0.496 e. The maximum absolute atomic E-state index is 11.3. The summed E-state index contributed by atoms with van der Waals surface area (Å²) in [5.41, 5.74) is 1.37. The summed E-state index contributed by atoms with van der Waals surface area (Å²) in [6, 6.07) is 9.62. The van der Waals surface area contributed by atoms with Crippen molar-refractivity contribution in [1.29, 1.82) is 0 Å². The van der Waals surface area contributed by atoms with Crippen LogP contribution in [0.25, 0.3) is 0 Å². The highest BCUT2D eigenvalue weighted by atomic mass is 16.5. The summed E-state index contributed by atoms with van der Waals surface area (Å²) < 4.78 is 10.4. The van der Waals surface area contributed by atoms with E-state index in [0.29, 0.717) is 11.1 Å². The van der Waals surface area contributed by atoms with E-state index in [4.69, 9.17) is 9.47 Å². The molecular formula is C17H16O6. The van der Waals surface area contributed by atoms with Crippen LogP contribution in [0, 0.1) is 0 Å². The summed E-state index contributed by atoms with van der Waals surface area (Å²) >= 11 is 0. The Morgan fingerprint density at radius 1 is 0.826 bits per heavy atom. The van der Waals surface area contributed by atoms with Gasteiger partial charge in [0.2, 0.25) is 0 Å². The van der Waals surface area contributed by atoms with Crippen molar-refractivity contribution in [3.05, 3.63) is 58.7 Å². The standard InChI is InChI=1S/C17H16O6/c1-22-14-10(5-3-7-12(14)16(18)19)9-11-6-4-8-13(17(20)21)15(11)23-2/h3-8H,9H2,1-2H3,(H,18,19)(H,20,21). The summed E-state index contributed by atoms with van der Waals surface area (Å²) in [5, 5.41) is 18.4. The van der Waals surface area contributed by atoms with Crippen LogP contribution in [0.1, 0.15) is 31.8 Å². The monoisotopic (exact) mass is 316 g/mol. The maximum Gasteiger partial charge on any atom is 0.339 e. The Kier molecular flexibility index (Phi) is 4.85. The van der Waals surface area contributed by atoms with E-state index < -0.39 is 11.9 Å². The lowest BCUT2D eigenvalue weighted by Crippen LogP contribution is -2.06. The van der Waals surface area contributed by atoms with Crippen LogP contribution in [0.3, 0.4) is 0 Å². The third kappa shape index (κ3) is 3.26. The zero-order valence-corrected chi connectivity index (χ0v) is 12.7. The Morgan fingerprint density at radius 3 is 1.52 bits per heavy atom. The highest BCUT2D eigenvalue weighted by molar-refractivity contribution is 5.92. The third-order valence-corrected chi connectivity index (χ3v) is 3.44. The molecule has 6 nitrogen and oxygen atoms in total. The van der Waals surface area contributed by atoms with E-state index in [9.17, 15) is 19.8 Å². The minimum Gasteiger partial charge on any atom is -0.496 e. The zero-order valence-electron chi connectivity index (χ0n) is 12.7. The Hall–Kier alpha value is -3.02. The number of rotatable bonds is 6. The van der Waals surface area contributed by atoms with Crippen LogP contribution in [0.15, 0.2) is 36.4 Å². The molecule has 23 heavy (non-hydrogen) atoms. The minimum absolute atomic E-state index is 0.0540. The number of para-hydroxylation sites is 2. The topological polar surface area (TPSA) is 93.1 Å². The van der Waals surface area contributed by atoms with Gasteiger partial charge >= 0.3 is 11.9 Å². The Bertz CT molecular complexity index is 687. The molecule has 0 aromatic heterocycles. The second kappa shape index (κ2) is 6.83. The van der Waals surface area contributed by atoms with Gasteiger partial charge in [0.15, 0.2) is 0 Å². The average Bonchev–Trinajstić information content (AvgIpc) is 2.54. The molecule has 0 aliphatic heterocycles. The van der Waals surface area contributed by atoms with E-state index in [1.807, 2.05) is 0 Å². The first-order chi connectivity index (χ1) is 11.0. The number of aromatic carboxylic acids is 2. The number of ether oxygens (including phenoxy) is 2. The molecule has 0 aliphatic rings. The van der Waals surface area contributed by atoms with E-state index in [1.165, 1.54) is 26.4 Å². The first kappa shape index (κ1) is 16.4. The first-order valence-electron chi connectivity index (χ1n) is 6.78. The van der Waals surface area contributed by atoms with Gasteiger partial charge in [0.1, 0.15) is 22.6 Å². The van der Waals surface area contributed by atoms with Gasteiger partial charge in [-0.3, -0.25) is 0 Å². The lowest BCUT2D eigenvalue weighted by molar-refractivity contribution is 0.0682. The summed E-state index contributed by atoms with van der Waals surface area (Å²) in [7, 11) is 2.80. The third-order valence-electron chi connectivity index (χ3n) is 3.44. The number of hydrogen-bond acceptors (Lipinski definition) is 4. The van der Waals surface area contributed by atoms with Crippen molar-refractivity contribution in [2.75, 3.05) is 14.2 Å². The number of methoxy groups -OCH3 is 2. The van der Waals surface area contributed by atoms with Gasteiger partial charge in [-0.15, -0.1) is 0 Å². The zero-order chi connectivity index (χ0) is 17.0. The van der Waals surface area contributed by atoms with Crippen LogP contribution in [0.2, 0.25) is 0 Å². The van der Waals surface area contributed by atoms with Gasteiger partial charge in [-0.05, 0) is 23.3 Å². The smallest absolute Gasteiger partial charge is 0.339 e. The second-order valence-electron chi connectivity index (χ2n) is 4.78. The van der Waals surface area contributed by atoms with Crippen LogP contribution in [-0.2, 0) is 6.42 Å². The lowest BCUT2D eigenvalue weighted by atomic mass is 9.98. The molecule has 2 N–H and O–H groups in total. The van der Waals surface area contributed by atoms with Crippen molar-refractivity contribution in [3.63, 3.8) is 0 Å². The Morgan fingerprint density at radius 2 is 1.22 bits per heavy atom. The predicted octanol–water partition coefficient (Wildman–Crippen LogP) is 2.69. The summed E-state index contributed by atoms with van der Waals surface area (Å²) in [6.45, 7) is 0. The molecule has 0 saturated heterocycles. The van der Waals surface area contributed by atoms with Gasteiger partial charge in [-0.25, -0.2) is 9.59 Å². The normalized spacial score (nSPS) is 10.2. The SMILES string of the molecule is COc1c(Cc2cccc(C(=O)O)c2OC)cccc1C(=O)O. The van der Waals surface area contributed by atoms with Crippen LogP contribution >= 0.6 is 0 Å². The van der Waals surface area contributed by atoms with Crippen molar-refractivity contribution in [1.82, 2.24) is 0 Å². The van der Waals surface area contributed by atoms with E-state index in [2.05, 4.69) is 0 Å². The van der Waals surface area contributed by atoms with E-state index in [1.54, 1.807) is 24.3 Å².